The average Bonchev–Trinajstić information content (AvgIpc) is 3.23. The Bertz CT molecular complexity index is 1220. The molecule has 0 saturated carbocycles. The van der Waals surface area contributed by atoms with Gasteiger partial charge in [0.2, 0.25) is 0 Å². The van der Waals surface area contributed by atoms with Crippen molar-refractivity contribution in [1.82, 2.24) is 0 Å². The molecule has 9 heteroatoms. The minimum atomic E-state index is -4.29. The summed E-state index contributed by atoms with van der Waals surface area (Å²) < 4.78 is 35.1. The molecule has 0 aromatic rings. The van der Waals surface area contributed by atoms with Crippen LogP contribution < -0.4 is 0 Å². The largest absolute Gasteiger partial charge is 0.472 e. The number of nitrogens with zero attached hydrogens (tertiary/aromatic N) is 1. The highest BCUT2D eigenvalue weighted by atomic mass is 31.2. The number of carbonyl (C=O) groups is 1. The smallest absolute Gasteiger partial charge is 0.457 e. The summed E-state index contributed by atoms with van der Waals surface area (Å²) in [6.07, 6.45) is 59.4. The topological polar surface area (TPSA) is 91.3 Å². The zero-order chi connectivity index (χ0) is 45.5. The highest BCUT2D eigenvalue weighted by Crippen LogP contribution is 2.43. The summed E-state index contributed by atoms with van der Waals surface area (Å²) in [5.41, 5.74) is 0. The third kappa shape index (κ3) is 49.0. The maximum Gasteiger partial charge on any atom is 0.472 e. The lowest BCUT2D eigenvalue weighted by molar-refractivity contribution is -0.870. The van der Waals surface area contributed by atoms with Gasteiger partial charge < -0.3 is 18.9 Å². The number of ether oxygens (including phenoxy) is 2. The van der Waals surface area contributed by atoms with Crippen LogP contribution in [0, 0.1) is 0 Å². The minimum absolute atomic E-state index is 0.0825. The maximum absolute atomic E-state index is 12.8. The Balaban J connectivity index is 4.19. The van der Waals surface area contributed by atoms with Gasteiger partial charge in [0, 0.05) is 13.0 Å². The van der Waals surface area contributed by atoms with Crippen LogP contribution in [0.25, 0.3) is 0 Å². The van der Waals surface area contributed by atoms with Crippen LogP contribution in [-0.2, 0) is 27.9 Å². The van der Waals surface area contributed by atoms with Crippen molar-refractivity contribution in [3.63, 3.8) is 0 Å². The molecule has 0 bridgehead atoms. The standard InChI is InChI=1S/C53H96NO7P/c1-6-8-10-12-14-16-18-20-22-24-26-27-28-29-31-33-35-37-39-41-43-45-48-58-50-52(51-60-62(56,57)59-49-47-54(3,4)5)61-53(55)46-44-42-40-38-36-34-32-30-25-23-21-19-17-15-13-11-9-7-2/h8,10,14,16-17,19-20,22-23,25-27,52H,6-7,9,11-13,15,18,21,24,28-51H2,1-5H3/p+1/b10-8-,16-14-,19-17-,22-20-,25-23-,27-26-. The number of hydrogen-bond donors (Lipinski definition) is 1. The van der Waals surface area contributed by atoms with E-state index in [0.717, 1.165) is 70.6 Å². The number of rotatable bonds is 46. The molecule has 0 radical (unpaired) electrons. The fourth-order valence-corrected chi connectivity index (χ4v) is 7.37. The first kappa shape index (κ1) is 59.9. The maximum atomic E-state index is 12.8. The van der Waals surface area contributed by atoms with Gasteiger partial charge in [0.05, 0.1) is 34.4 Å². The first-order chi connectivity index (χ1) is 30.1. The van der Waals surface area contributed by atoms with E-state index in [1.165, 1.54) is 109 Å². The van der Waals surface area contributed by atoms with Crippen LogP contribution in [0.4, 0.5) is 0 Å². The van der Waals surface area contributed by atoms with Gasteiger partial charge >= 0.3 is 13.8 Å². The Morgan fingerprint density at radius 3 is 1.40 bits per heavy atom. The first-order valence-corrected chi connectivity index (χ1v) is 26.7. The summed E-state index contributed by atoms with van der Waals surface area (Å²) in [5.74, 6) is -0.325. The second kappa shape index (κ2) is 45.5. The van der Waals surface area contributed by atoms with Crippen molar-refractivity contribution in [1.29, 1.82) is 0 Å². The monoisotopic (exact) mass is 891 g/mol. The Hall–Kier alpha value is -2.06. The summed E-state index contributed by atoms with van der Waals surface area (Å²) >= 11 is 0. The predicted octanol–water partition coefficient (Wildman–Crippen LogP) is 15.4. The highest BCUT2D eigenvalue weighted by Gasteiger charge is 2.26. The normalized spacial score (nSPS) is 14.2. The molecular formula is C53H97NO7P+. The van der Waals surface area contributed by atoms with Gasteiger partial charge in [0.1, 0.15) is 19.3 Å². The highest BCUT2D eigenvalue weighted by molar-refractivity contribution is 7.47. The SMILES string of the molecule is CC/C=C\C/C=C\C/C=C\C/C=C\CCCCCCCCCCCOCC(COP(=O)(O)OCC[N+](C)(C)C)OC(=O)CCCCCCCCC/C=C\C/C=C\CCCCCC. The summed E-state index contributed by atoms with van der Waals surface area (Å²) in [6, 6.07) is 0. The Morgan fingerprint density at radius 1 is 0.516 bits per heavy atom. The number of carbonyl (C=O) groups excluding carboxylic acids is 1. The molecule has 1 N–H and O–H groups in total. The van der Waals surface area contributed by atoms with Crippen LogP contribution in [0.3, 0.4) is 0 Å². The van der Waals surface area contributed by atoms with E-state index in [1.54, 1.807) is 0 Å². The number of likely N-dealkylation sites (N-methyl/N-ethyl adjacent to an activating group) is 1. The Morgan fingerprint density at radius 2 is 0.935 bits per heavy atom. The molecule has 2 unspecified atom stereocenters. The van der Waals surface area contributed by atoms with Gasteiger partial charge in [-0.1, -0.05) is 183 Å². The van der Waals surface area contributed by atoms with Gasteiger partial charge in [-0.25, -0.2) is 4.57 Å². The number of phosphoric acid groups is 1. The number of allylic oxidation sites excluding steroid dienone is 12. The molecule has 360 valence electrons. The third-order valence-corrected chi connectivity index (χ3v) is 11.5. The van der Waals surface area contributed by atoms with Gasteiger partial charge in [-0.2, -0.15) is 0 Å². The first-order valence-electron chi connectivity index (χ1n) is 25.2. The van der Waals surface area contributed by atoms with E-state index in [2.05, 4.69) is 86.8 Å². The quantitative estimate of drug-likeness (QED) is 0.0214. The fourth-order valence-electron chi connectivity index (χ4n) is 6.63. The molecule has 0 saturated heterocycles. The second-order valence-electron chi connectivity index (χ2n) is 17.8. The number of esters is 1. The van der Waals surface area contributed by atoms with E-state index < -0.39 is 13.9 Å². The van der Waals surface area contributed by atoms with Crippen molar-refractivity contribution in [3.05, 3.63) is 72.9 Å². The molecule has 0 amide bonds. The van der Waals surface area contributed by atoms with E-state index in [1.807, 2.05) is 21.1 Å². The van der Waals surface area contributed by atoms with Crippen LogP contribution in [0.15, 0.2) is 72.9 Å². The molecule has 0 fully saturated rings. The lowest BCUT2D eigenvalue weighted by Crippen LogP contribution is -2.37. The molecule has 62 heavy (non-hydrogen) atoms. The molecule has 0 aromatic carbocycles. The zero-order valence-electron chi connectivity index (χ0n) is 40.8. The molecule has 0 spiro atoms. The summed E-state index contributed by atoms with van der Waals surface area (Å²) in [7, 11) is 1.65. The van der Waals surface area contributed by atoms with E-state index >= 15 is 0 Å². The summed E-state index contributed by atoms with van der Waals surface area (Å²) in [4.78, 5) is 23.0. The molecule has 8 nitrogen and oxygen atoms in total. The summed E-state index contributed by atoms with van der Waals surface area (Å²) in [6.45, 7) is 5.47. The predicted molar refractivity (Wildman–Crippen MR) is 265 cm³/mol. The van der Waals surface area contributed by atoms with Gasteiger partial charge in [0.25, 0.3) is 0 Å². The molecule has 0 heterocycles. The van der Waals surface area contributed by atoms with E-state index in [0.29, 0.717) is 24.1 Å². The molecule has 2 atom stereocenters. The van der Waals surface area contributed by atoms with E-state index in [-0.39, 0.29) is 25.8 Å². The second-order valence-corrected chi connectivity index (χ2v) is 19.3. The lowest BCUT2D eigenvalue weighted by Gasteiger charge is -2.24. The van der Waals surface area contributed by atoms with Crippen LogP contribution in [-0.4, -0.2) is 75.6 Å². The molecular weight excluding hydrogens is 794 g/mol. The van der Waals surface area contributed by atoms with Crippen molar-refractivity contribution in [2.45, 2.75) is 206 Å². The fraction of sp³-hybridized carbons (Fsp3) is 0.755. The van der Waals surface area contributed by atoms with Crippen LogP contribution in [0.2, 0.25) is 0 Å². The van der Waals surface area contributed by atoms with Crippen molar-refractivity contribution in [2.24, 2.45) is 0 Å². The molecule has 0 rings (SSSR count). The van der Waals surface area contributed by atoms with Crippen molar-refractivity contribution in [2.75, 3.05) is 54.1 Å². The third-order valence-electron chi connectivity index (χ3n) is 10.5. The van der Waals surface area contributed by atoms with Crippen molar-refractivity contribution >= 4 is 13.8 Å². The van der Waals surface area contributed by atoms with Crippen molar-refractivity contribution in [3.8, 4) is 0 Å². The molecule has 0 aliphatic heterocycles. The minimum Gasteiger partial charge on any atom is -0.457 e. The Labute approximate surface area is 383 Å². The zero-order valence-corrected chi connectivity index (χ0v) is 41.7. The summed E-state index contributed by atoms with van der Waals surface area (Å²) in [5, 5.41) is 0. The lowest BCUT2D eigenvalue weighted by atomic mass is 10.1. The van der Waals surface area contributed by atoms with Crippen molar-refractivity contribution < 1.29 is 37.3 Å². The Kier molecular flexibility index (Phi) is 44.0. The number of phosphoric ester groups is 1. The number of unbranched alkanes of at least 4 members (excludes halogenated alkanes) is 20. The van der Waals surface area contributed by atoms with Gasteiger partial charge in [-0.05, 0) is 83.5 Å². The van der Waals surface area contributed by atoms with Gasteiger partial charge in [0.15, 0.2) is 0 Å². The number of hydrogen-bond acceptors (Lipinski definition) is 6. The average molecular weight is 891 g/mol. The van der Waals surface area contributed by atoms with E-state index in [4.69, 9.17) is 18.5 Å². The van der Waals surface area contributed by atoms with Crippen LogP contribution >= 0.6 is 7.82 Å². The van der Waals surface area contributed by atoms with E-state index in [9.17, 15) is 14.3 Å². The molecule has 0 aliphatic carbocycles. The van der Waals surface area contributed by atoms with Crippen LogP contribution in [0.5, 0.6) is 0 Å². The van der Waals surface area contributed by atoms with Gasteiger partial charge in [-0.3, -0.25) is 13.8 Å². The molecule has 0 aliphatic rings. The van der Waals surface area contributed by atoms with Crippen LogP contribution in [0.1, 0.15) is 200 Å². The number of quaternary nitrogens is 1. The van der Waals surface area contributed by atoms with Gasteiger partial charge in [-0.15, -0.1) is 0 Å². The molecule has 0 aromatic heterocycles.